The van der Waals surface area contributed by atoms with Crippen molar-refractivity contribution in [2.45, 2.75) is 20.3 Å². The third-order valence-corrected chi connectivity index (χ3v) is 4.61. The summed E-state index contributed by atoms with van der Waals surface area (Å²) in [6.07, 6.45) is 3.12. The first-order chi connectivity index (χ1) is 10.8. The molecule has 6 nitrogen and oxygen atoms in total. The van der Waals surface area contributed by atoms with Crippen molar-refractivity contribution in [2.75, 3.05) is 18.6 Å². The van der Waals surface area contributed by atoms with Crippen LogP contribution in [0.15, 0.2) is 30.5 Å². The van der Waals surface area contributed by atoms with Crippen molar-refractivity contribution >= 4 is 15.7 Å². The lowest BCUT2D eigenvalue weighted by Crippen LogP contribution is -2.26. The Kier molecular flexibility index (Phi) is 5.20. The number of carbonyl (C=O) groups is 1. The number of aromatic nitrogens is 2. The molecular formula is C16H21N3O3S. The molecule has 7 heteroatoms. The van der Waals surface area contributed by atoms with E-state index in [1.165, 1.54) is 12.5 Å². The second-order valence-electron chi connectivity index (χ2n) is 5.58. The van der Waals surface area contributed by atoms with Gasteiger partial charge in [0.25, 0.3) is 5.91 Å². The van der Waals surface area contributed by atoms with Crippen LogP contribution >= 0.6 is 0 Å². The standard InChI is InChI=1S/C16H21N3O3S/c1-12-7-4-5-8-15(12)19-13(2)14(11-18-19)16(20)17-9-6-10-23(3,21)22/h4-5,7-8,11H,6,9-10H2,1-3H3,(H,17,20). The predicted octanol–water partition coefficient (Wildman–Crippen LogP) is 1.65. The van der Waals surface area contributed by atoms with Crippen molar-refractivity contribution in [3.63, 3.8) is 0 Å². The summed E-state index contributed by atoms with van der Waals surface area (Å²) in [5.41, 5.74) is 3.24. The zero-order valence-corrected chi connectivity index (χ0v) is 14.4. The lowest BCUT2D eigenvalue weighted by molar-refractivity contribution is 0.0953. The number of aryl methyl sites for hydroxylation is 1. The van der Waals surface area contributed by atoms with Crippen molar-refractivity contribution in [1.29, 1.82) is 0 Å². The maximum atomic E-state index is 12.2. The molecular weight excluding hydrogens is 314 g/mol. The van der Waals surface area contributed by atoms with Gasteiger partial charge in [0.2, 0.25) is 0 Å². The van der Waals surface area contributed by atoms with Gasteiger partial charge in [-0.15, -0.1) is 0 Å². The Morgan fingerprint density at radius 2 is 1.96 bits per heavy atom. The van der Waals surface area contributed by atoms with E-state index < -0.39 is 9.84 Å². The van der Waals surface area contributed by atoms with Gasteiger partial charge in [0.05, 0.1) is 28.9 Å². The topological polar surface area (TPSA) is 81.1 Å². The highest BCUT2D eigenvalue weighted by molar-refractivity contribution is 7.90. The average Bonchev–Trinajstić information content (AvgIpc) is 2.85. The molecule has 0 fully saturated rings. The lowest BCUT2D eigenvalue weighted by atomic mass is 10.2. The number of carbonyl (C=O) groups excluding carboxylic acids is 1. The van der Waals surface area contributed by atoms with Gasteiger partial charge in [-0.3, -0.25) is 4.79 Å². The van der Waals surface area contributed by atoms with Crippen molar-refractivity contribution in [3.8, 4) is 5.69 Å². The predicted molar refractivity (Wildman–Crippen MR) is 89.7 cm³/mol. The van der Waals surface area contributed by atoms with Crippen LogP contribution in [0.5, 0.6) is 0 Å². The van der Waals surface area contributed by atoms with E-state index in [9.17, 15) is 13.2 Å². The van der Waals surface area contributed by atoms with E-state index in [2.05, 4.69) is 10.4 Å². The van der Waals surface area contributed by atoms with Crippen molar-refractivity contribution in [3.05, 3.63) is 47.3 Å². The highest BCUT2D eigenvalue weighted by Gasteiger charge is 2.15. The summed E-state index contributed by atoms with van der Waals surface area (Å²) in [5.74, 6) is -0.176. The first kappa shape index (κ1) is 17.2. The van der Waals surface area contributed by atoms with Gasteiger partial charge in [-0.05, 0) is 31.9 Å². The fourth-order valence-corrected chi connectivity index (χ4v) is 2.98. The molecule has 1 heterocycles. The molecule has 0 saturated heterocycles. The van der Waals surface area contributed by atoms with Crippen LogP contribution in [0.4, 0.5) is 0 Å². The zero-order valence-electron chi connectivity index (χ0n) is 13.5. The molecule has 0 aliphatic carbocycles. The van der Waals surface area contributed by atoms with Gasteiger partial charge in [0.1, 0.15) is 9.84 Å². The number of para-hydroxylation sites is 1. The zero-order chi connectivity index (χ0) is 17.0. The second kappa shape index (κ2) is 6.95. The minimum Gasteiger partial charge on any atom is -0.352 e. The Morgan fingerprint density at radius 3 is 2.61 bits per heavy atom. The number of rotatable bonds is 6. The largest absolute Gasteiger partial charge is 0.352 e. The molecule has 0 saturated carbocycles. The minimum absolute atomic E-state index is 0.0642. The van der Waals surface area contributed by atoms with Crippen LogP contribution in [0.25, 0.3) is 5.69 Å². The molecule has 1 N–H and O–H groups in total. The number of nitrogens with one attached hydrogen (secondary N) is 1. The van der Waals surface area contributed by atoms with E-state index in [0.29, 0.717) is 18.5 Å². The summed E-state index contributed by atoms with van der Waals surface area (Å²) in [6, 6.07) is 7.81. The Morgan fingerprint density at radius 1 is 1.26 bits per heavy atom. The Bertz CT molecular complexity index is 810. The van der Waals surface area contributed by atoms with E-state index in [0.717, 1.165) is 16.9 Å². The lowest BCUT2D eigenvalue weighted by Gasteiger charge is -2.08. The molecule has 0 spiro atoms. The average molecular weight is 335 g/mol. The molecule has 23 heavy (non-hydrogen) atoms. The summed E-state index contributed by atoms with van der Waals surface area (Å²) in [6.45, 7) is 4.15. The second-order valence-corrected chi connectivity index (χ2v) is 7.84. The molecule has 0 unspecified atom stereocenters. The molecule has 2 aromatic rings. The van der Waals surface area contributed by atoms with Gasteiger partial charge >= 0.3 is 0 Å². The van der Waals surface area contributed by atoms with Gasteiger partial charge in [0, 0.05) is 12.8 Å². The SMILES string of the molecule is Cc1ccccc1-n1ncc(C(=O)NCCCS(C)(=O)=O)c1C. The van der Waals surface area contributed by atoms with E-state index in [1.54, 1.807) is 4.68 Å². The first-order valence-corrected chi connectivity index (χ1v) is 9.42. The summed E-state index contributed by atoms with van der Waals surface area (Å²) in [7, 11) is -3.00. The molecule has 1 aromatic carbocycles. The van der Waals surface area contributed by atoms with E-state index in [4.69, 9.17) is 0 Å². The Hall–Kier alpha value is -2.15. The minimum atomic E-state index is -3.00. The van der Waals surface area contributed by atoms with Crippen LogP contribution in [0.2, 0.25) is 0 Å². The number of benzene rings is 1. The van der Waals surface area contributed by atoms with Crippen LogP contribution in [0.1, 0.15) is 28.0 Å². The third-order valence-electron chi connectivity index (χ3n) is 3.58. The summed E-state index contributed by atoms with van der Waals surface area (Å²) < 4.78 is 23.9. The molecule has 0 aliphatic heterocycles. The quantitative estimate of drug-likeness (QED) is 0.814. The normalized spacial score (nSPS) is 11.4. The Balaban J connectivity index is 2.07. The van der Waals surface area contributed by atoms with E-state index in [-0.39, 0.29) is 11.7 Å². The van der Waals surface area contributed by atoms with Gasteiger partial charge in [-0.25, -0.2) is 13.1 Å². The maximum Gasteiger partial charge on any atom is 0.254 e. The molecule has 0 radical (unpaired) electrons. The third kappa shape index (κ3) is 4.41. The number of hydrogen-bond donors (Lipinski definition) is 1. The van der Waals surface area contributed by atoms with Crippen LogP contribution in [0, 0.1) is 13.8 Å². The summed E-state index contributed by atoms with van der Waals surface area (Å²) in [4.78, 5) is 12.2. The monoisotopic (exact) mass is 335 g/mol. The van der Waals surface area contributed by atoms with E-state index >= 15 is 0 Å². The fraction of sp³-hybridized carbons (Fsp3) is 0.375. The van der Waals surface area contributed by atoms with Gasteiger partial charge in [-0.1, -0.05) is 18.2 Å². The first-order valence-electron chi connectivity index (χ1n) is 7.36. The Labute approximate surface area is 136 Å². The number of sulfone groups is 1. The molecule has 1 aromatic heterocycles. The van der Waals surface area contributed by atoms with Crippen LogP contribution < -0.4 is 5.32 Å². The van der Waals surface area contributed by atoms with E-state index in [1.807, 2.05) is 38.1 Å². The summed E-state index contributed by atoms with van der Waals surface area (Å²) in [5, 5.41) is 7.03. The van der Waals surface area contributed by atoms with Crippen molar-refractivity contribution in [1.82, 2.24) is 15.1 Å². The number of hydrogen-bond acceptors (Lipinski definition) is 4. The van der Waals surface area contributed by atoms with Crippen LogP contribution in [0.3, 0.4) is 0 Å². The number of nitrogens with zero attached hydrogens (tertiary/aromatic N) is 2. The molecule has 0 aliphatic rings. The fourth-order valence-electron chi connectivity index (χ4n) is 2.31. The highest BCUT2D eigenvalue weighted by atomic mass is 32.2. The smallest absolute Gasteiger partial charge is 0.254 e. The van der Waals surface area contributed by atoms with Crippen LogP contribution in [-0.2, 0) is 9.84 Å². The molecule has 2 rings (SSSR count). The number of amides is 1. The van der Waals surface area contributed by atoms with Crippen molar-refractivity contribution < 1.29 is 13.2 Å². The van der Waals surface area contributed by atoms with Gasteiger partial charge in [0.15, 0.2) is 0 Å². The van der Waals surface area contributed by atoms with Crippen molar-refractivity contribution in [2.24, 2.45) is 0 Å². The van der Waals surface area contributed by atoms with Crippen LogP contribution in [-0.4, -0.2) is 42.7 Å². The maximum absolute atomic E-state index is 12.2. The molecule has 0 bridgehead atoms. The highest BCUT2D eigenvalue weighted by Crippen LogP contribution is 2.17. The molecule has 1 amide bonds. The van der Waals surface area contributed by atoms with Gasteiger partial charge in [-0.2, -0.15) is 5.10 Å². The molecule has 124 valence electrons. The van der Waals surface area contributed by atoms with Gasteiger partial charge < -0.3 is 5.32 Å². The summed E-state index contributed by atoms with van der Waals surface area (Å²) >= 11 is 0. The molecule has 0 atom stereocenters.